The first kappa shape index (κ1) is 42.1. The lowest BCUT2D eigenvalue weighted by atomic mass is 10.0. The number of amides is 1. The number of pyridine rings is 1. The average Bonchev–Trinajstić information content (AvgIpc) is 3.38. The summed E-state index contributed by atoms with van der Waals surface area (Å²) in [6.45, 7) is -1.85. The molecule has 3 heterocycles. The van der Waals surface area contributed by atoms with E-state index in [1.807, 2.05) is 0 Å². The number of carbonyl (C=O) groups is 1. The van der Waals surface area contributed by atoms with Gasteiger partial charge in [0.1, 0.15) is 17.5 Å². The fourth-order valence-corrected chi connectivity index (χ4v) is 6.71. The summed E-state index contributed by atoms with van der Waals surface area (Å²) in [4.78, 5) is 34.6. The molecule has 12 nitrogen and oxygen atoms in total. The van der Waals surface area contributed by atoms with E-state index in [1.165, 1.54) is 19.2 Å². The van der Waals surface area contributed by atoms with Gasteiger partial charge in [-0.3, -0.25) is 18.8 Å². The number of fused-ring (bicyclic) bond motifs is 2. The predicted molar refractivity (Wildman–Crippen MR) is 176 cm³/mol. The van der Waals surface area contributed by atoms with Gasteiger partial charge in [-0.25, -0.2) is 22.2 Å². The molecule has 0 aliphatic rings. The second-order valence-electron chi connectivity index (χ2n) is 12.1. The first-order valence-electron chi connectivity index (χ1n) is 15.2. The number of alkyl halides is 9. The summed E-state index contributed by atoms with van der Waals surface area (Å²) < 4.78 is 181. The van der Waals surface area contributed by atoms with Gasteiger partial charge in [0.25, 0.3) is 5.56 Å². The molecule has 2 aromatic carbocycles. The van der Waals surface area contributed by atoms with E-state index in [0.29, 0.717) is 22.7 Å². The maximum absolute atomic E-state index is 14.3. The van der Waals surface area contributed by atoms with Crippen LogP contribution in [0.1, 0.15) is 24.4 Å². The van der Waals surface area contributed by atoms with Gasteiger partial charge in [0, 0.05) is 26.1 Å². The van der Waals surface area contributed by atoms with Crippen LogP contribution in [0, 0.1) is 11.6 Å². The SMILES string of the molecule is CC(=O)N(c1nn(C)c2c(-n3c(C(N)Cc4cc(F)cc(F)c4)nc4nc(OCC(F)(F)C(F)(F)C(F)(F)C(F)(F)F)ccc4c3=O)ccc(Cl)c12)S(C)(=O)=O. The minimum Gasteiger partial charge on any atom is -0.471 e. The van der Waals surface area contributed by atoms with Crippen LogP contribution in [0.15, 0.2) is 47.3 Å². The van der Waals surface area contributed by atoms with E-state index >= 15 is 0 Å². The molecule has 0 saturated carbocycles. The summed E-state index contributed by atoms with van der Waals surface area (Å²) in [5, 5.41) is 3.24. The number of halogens is 12. The molecule has 5 rings (SSSR count). The molecule has 1 amide bonds. The molecule has 302 valence electrons. The molecule has 0 aliphatic heterocycles. The number of anilines is 1. The first-order chi connectivity index (χ1) is 25.6. The largest absolute Gasteiger partial charge is 0.471 e. The number of hydrogen-bond donors (Lipinski definition) is 1. The number of aryl methyl sites for hydroxylation is 1. The van der Waals surface area contributed by atoms with Crippen molar-refractivity contribution in [2.75, 3.05) is 17.2 Å². The zero-order valence-corrected chi connectivity index (χ0v) is 29.9. The van der Waals surface area contributed by atoms with E-state index in [-0.39, 0.29) is 27.2 Å². The van der Waals surface area contributed by atoms with Gasteiger partial charge in [0.2, 0.25) is 21.8 Å². The molecule has 5 aromatic rings. The third-order valence-corrected chi connectivity index (χ3v) is 9.41. The summed E-state index contributed by atoms with van der Waals surface area (Å²) in [5.41, 5.74) is 4.15. The van der Waals surface area contributed by atoms with Crippen LogP contribution in [0.2, 0.25) is 5.02 Å². The van der Waals surface area contributed by atoms with E-state index in [0.717, 1.165) is 34.4 Å². The minimum atomic E-state index is -7.19. The maximum atomic E-state index is 14.3. The van der Waals surface area contributed by atoms with Crippen molar-refractivity contribution in [3.05, 3.63) is 80.9 Å². The Bertz CT molecular complexity index is 2550. The number of nitrogens with zero attached hydrogens (tertiary/aromatic N) is 6. The Kier molecular flexibility index (Phi) is 10.6. The van der Waals surface area contributed by atoms with Crippen molar-refractivity contribution in [2.24, 2.45) is 12.8 Å². The summed E-state index contributed by atoms with van der Waals surface area (Å²) in [7, 11) is -3.07. The second kappa shape index (κ2) is 14.1. The molecule has 56 heavy (non-hydrogen) atoms. The standard InChI is InChI=1S/C31H23ClF11N7O5S/c1-13(51)50(56(3,53)54)26-22-18(32)5-6-20(23(22)48(2)47-26)49-25(19(44)10-14-8-15(33)11-16(34)9-14)46-24-17(27(49)52)4-7-21(45-24)55-12-28(35,36)29(37,38)30(39,40)31(41,42)43/h4-9,11,19H,10,12,44H2,1-3H3. The highest BCUT2D eigenvalue weighted by Crippen LogP contribution is 2.53. The van der Waals surface area contributed by atoms with Crippen LogP contribution in [-0.2, 0) is 28.3 Å². The summed E-state index contributed by atoms with van der Waals surface area (Å²) in [6, 6.07) is 4.52. The van der Waals surface area contributed by atoms with Gasteiger partial charge in [-0.2, -0.15) is 53.9 Å². The van der Waals surface area contributed by atoms with Crippen molar-refractivity contribution < 1.29 is 66.2 Å². The third kappa shape index (κ3) is 7.31. The Morgan fingerprint density at radius 2 is 1.57 bits per heavy atom. The van der Waals surface area contributed by atoms with E-state index in [9.17, 15) is 66.3 Å². The van der Waals surface area contributed by atoms with Crippen molar-refractivity contribution in [3.8, 4) is 11.6 Å². The van der Waals surface area contributed by atoms with Gasteiger partial charge < -0.3 is 10.5 Å². The van der Waals surface area contributed by atoms with E-state index in [4.69, 9.17) is 17.3 Å². The monoisotopic (exact) mass is 849 g/mol. The lowest BCUT2D eigenvalue weighted by Gasteiger charge is -2.33. The van der Waals surface area contributed by atoms with Gasteiger partial charge in [0.05, 0.1) is 39.3 Å². The summed E-state index contributed by atoms with van der Waals surface area (Å²) in [6.07, 6.45) is -6.87. The van der Waals surface area contributed by atoms with Crippen LogP contribution in [-0.4, -0.2) is 75.4 Å². The fourth-order valence-electron chi connectivity index (χ4n) is 5.57. The number of hydrogen-bond acceptors (Lipinski definition) is 9. The van der Waals surface area contributed by atoms with Crippen LogP contribution in [0.5, 0.6) is 5.88 Å². The molecule has 25 heteroatoms. The van der Waals surface area contributed by atoms with E-state index in [2.05, 4.69) is 19.8 Å². The molecule has 0 fully saturated rings. The topological polar surface area (TPSA) is 155 Å². The Balaban J connectivity index is 1.72. The van der Waals surface area contributed by atoms with E-state index < -0.39 is 105 Å². The van der Waals surface area contributed by atoms with Crippen LogP contribution in [0.25, 0.3) is 27.6 Å². The number of carbonyl (C=O) groups excluding carboxylic acids is 1. The molecular formula is C31H23ClF11N7O5S. The lowest BCUT2D eigenvalue weighted by molar-refractivity contribution is -0.398. The highest BCUT2D eigenvalue weighted by atomic mass is 35.5. The van der Waals surface area contributed by atoms with Crippen molar-refractivity contribution in [1.82, 2.24) is 24.3 Å². The molecule has 1 unspecified atom stereocenters. The van der Waals surface area contributed by atoms with Crippen molar-refractivity contribution in [1.29, 1.82) is 0 Å². The highest BCUT2D eigenvalue weighted by molar-refractivity contribution is 7.92. The molecule has 0 saturated heterocycles. The average molecular weight is 850 g/mol. The van der Waals surface area contributed by atoms with Gasteiger partial charge in [-0.05, 0) is 42.3 Å². The van der Waals surface area contributed by atoms with Gasteiger partial charge in [-0.15, -0.1) is 0 Å². The van der Waals surface area contributed by atoms with Crippen LogP contribution < -0.4 is 20.3 Å². The van der Waals surface area contributed by atoms with Gasteiger partial charge in [-0.1, -0.05) is 11.6 Å². The number of sulfonamides is 1. The Morgan fingerprint density at radius 1 is 0.964 bits per heavy atom. The van der Waals surface area contributed by atoms with Gasteiger partial charge >= 0.3 is 23.9 Å². The molecule has 0 radical (unpaired) electrons. The molecule has 1 atom stereocenters. The zero-order valence-electron chi connectivity index (χ0n) is 28.3. The second-order valence-corrected chi connectivity index (χ2v) is 14.4. The van der Waals surface area contributed by atoms with Crippen molar-refractivity contribution in [2.45, 2.75) is 43.3 Å². The van der Waals surface area contributed by atoms with Gasteiger partial charge in [0.15, 0.2) is 18.1 Å². The summed E-state index contributed by atoms with van der Waals surface area (Å²) >= 11 is 6.46. The fraction of sp³-hybridized carbons (Fsp3) is 0.323. The quantitative estimate of drug-likeness (QED) is 0.158. The molecule has 0 aliphatic carbocycles. The minimum absolute atomic E-state index is 0.0888. The Morgan fingerprint density at radius 3 is 2.12 bits per heavy atom. The number of benzene rings is 2. The maximum Gasteiger partial charge on any atom is 0.460 e. The number of rotatable bonds is 11. The van der Waals surface area contributed by atoms with Crippen LogP contribution in [0.4, 0.5) is 54.1 Å². The van der Waals surface area contributed by atoms with E-state index in [1.54, 1.807) is 0 Å². The normalized spacial score (nSPS) is 13.7. The first-order valence-corrected chi connectivity index (χ1v) is 17.5. The third-order valence-electron chi connectivity index (χ3n) is 8.00. The number of nitrogens with two attached hydrogens (primary N) is 1. The lowest BCUT2D eigenvalue weighted by Crippen LogP contribution is -2.62. The Hall–Kier alpha value is -5.10. The Labute approximate surface area is 311 Å². The van der Waals surface area contributed by atoms with Crippen LogP contribution in [0.3, 0.4) is 0 Å². The van der Waals surface area contributed by atoms with Crippen molar-refractivity contribution >= 4 is 55.3 Å². The molecule has 3 aromatic heterocycles. The zero-order chi connectivity index (χ0) is 42.1. The van der Waals surface area contributed by atoms with Crippen LogP contribution >= 0.6 is 11.6 Å². The molecular weight excluding hydrogens is 827 g/mol. The highest BCUT2D eigenvalue weighted by Gasteiger charge is 2.82. The van der Waals surface area contributed by atoms with Crippen molar-refractivity contribution in [3.63, 3.8) is 0 Å². The number of ether oxygens (including phenoxy) is 1. The molecule has 0 bridgehead atoms. The summed E-state index contributed by atoms with van der Waals surface area (Å²) in [5.74, 6) is -25.6. The molecule has 0 spiro atoms. The smallest absolute Gasteiger partial charge is 0.460 e. The number of aromatic nitrogens is 5. The molecule has 2 N–H and O–H groups in total. The predicted octanol–water partition coefficient (Wildman–Crippen LogP) is 6.00.